The molecule has 0 aromatic rings. The van der Waals surface area contributed by atoms with Crippen LogP contribution in [-0.2, 0) is 0 Å². The molecular formula is C9H18FN. The second-order valence-electron chi connectivity index (χ2n) is 3.84. The second kappa shape index (κ2) is 3.53. The smallest absolute Gasteiger partial charge is 0.104 e. The van der Waals surface area contributed by atoms with Gasteiger partial charge in [-0.3, -0.25) is 0 Å². The molecule has 0 aromatic carbocycles. The molecule has 4 atom stereocenters. The van der Waals surface area contributed by atoms with Gasteiger partial charge in [-0.2, -0.15) is 0 Å². The molecule has 0 amide bonds. The molecule has 1 saturated carbocycles. The normalized spacial score (nSPS) is 45.8. The molecule has 0 aliphatic heterocycles. The molecule has 11 heavy (non-hydrogen) atoms. The van der Waals surface area contributed by atoms with Crippen LogP contribution in [0.3, 0.4) is 0 Å². The van der Waals surface area contributed by atoms with Gasteiger partial charge in [0.25, 0.3) is 0 Å². The van der Waals surface area contributed by atoms with Crippen LogP contribution in [0.25, 0.3) is 0 Å². The molecule has 1 rings (SSSR count). The Hall–Kier alpha value is -0.110. The van der Waals surface area contributed by atoms with Crippen LogP contribution in [-0.4, -0.2) is 19.3 Å². The first-order valence-electron chi connectivity index (χ1n) is 4.46. The monoisotopic (exact) mass is 159 g/mol. The lowest BCUT2D eigenvalue weighted by atomic mass is 9.79. The van der Waals surface area contributed by atoms with Crippen molar-refractivity contribution < 1.29 is 4.39 Å². The fourth-order valence-electron chi connectivity index (χ4n) is 2.01. The minimum absolute atomic E-state index is 0.259. The number of hydrogen-bond donors (Lipinski definition) is 1. The molecule has 0 saturated heterocycles. The highest BCUT2D eigenvalue weighted by molar-refractivity contribution is 4.85. The average molecular weight is 159 g/mol. The molecule has 0 aromatic heterocycles. The molecule has 1 nitrogen and oxygen atoms in total. The maximum atomic E-state index is 13.1. The van der Waals surface area contributed by atoms with Crippen LogP contribution in [0.1, 0.15) is 26.7 Å². The minimum atomic E-state index is -0.594. The molecule has 0 bridgehead atoms. The summed E-state index contributed by atoms with van der Waals surface area (Å²) < 4.78 is 13.1. The van der Waals surface area contributed by atoms with Gasteiger partial charge in [0.05, 0.1) is 0 Å². The molecule has 0 radical (unpaired) electrons. The lowest BCUT2D eigenvalue weighted by molar-refractivity contribution is 0.117. The maximum Gasteiger partial charge on any atom is 0.104 e. The Bertz CT molecular complexity index is 127. The van der Waals surface area contributed by atoms with E-state index in [1.165, 1.54) is 0 Å². The van der Waals surface area contributed by atoms with Crippen LogP contribution >= 0.6 is 0 Å². The summed E-state index contributed by atoms with van der Waals surface area (Å²) in [7, 11) is 1.92. The molecule has 4 unspecified atom stereocenters. The highest BCUT2D eigenvalue weighted by Gasteiger charge is 2.31. The van der Waals surface area contributed by atoms with E-state index in [0.717, 1.165) is 6.42 Å². The van der Waals surface area contributed by atoms with Gasteiger partial charge in [-0.25, -0.2) is 4.39 Å². The van der Waals surface area contributed by atoms with Crippen molar-refractivity contribution >= 4 is 0 Å². The Morgan fingerprint density at radius 1 is 1.18 bits per heavy atom. The first-order chi connectivity index (χ1) is 5.15. The summed E-state index contributed by atoms with van der Waals surface area (Å²) in [5.74, 6) is 0.886. The Balaban J connectivity index is 2.48. The van der Waals surface area contributed by atoms with E-state index in [1.807, 2.05) is 14.0 Å². The predicted molar refractivity (Wildman–Crippen MR) is 45.3 cm³/mol. The van der Waals surface area contributed by atoms with Gasteiger partial charge in [-0.15, -0.1) is 0 Å². The fourth-order valence-corrected chi connectivity index (χ4v) is 2.01. The van der Waals surface area contributed by atoms with E-state index in [4.69, 9.17) is 0 Å². The lowest BCUT2D eigenvalue weighted by Gasteiger charge is -2.34. The zero-order valence-electron chi connectivity index (χ0n) is 7.60. The van der Waals surface area contributed by atoms with Crippen molar-refractivity contribution in [2.75, 3.05) is 7.05 Å². The van der Waals surface area contributed by atoms with E-state index in [2.05, 4.69) is 12.2 Å². The average Bonchev–Trinajstić information content (AvgIpc) is 1.97. The number of rotatable bonds is 1. The van der Waals surface area contributed by atoms with Crippen molar-refractivity contribution in [1.82, 2.24) is 5.32 Å². The molecule has 1 N–H and O–H groups in total. The molecule has 2 heteroatoms. The summed E-state index contributed by atoms with van der Waals surface area (Å²) in [6.45, 7) is 4.20. The number of halogens is 1. The summed E-state index contributed by atoms with van der Waals surface area (Å²) in [4.78, 5) is 0. The van der Waals surface area contributed by atoms with Gasteiger partial charge < -0.3 is 5.32 Å². The second-order valence-corrected chi connectivity index (χ2v) is 3.84. The van der Waals surface area contributed by atoms with E-state index < -0.39 is 6.17 Å². The third-order valence-electron chi connectivity index (χ3n) is 2.90. The maximum absolute atomic E-state index is 13.1. The highest BCUT2D eigenvalue weighted by Crippen LogP contribution is 2.30. The standard InChI is InChI=1S/C9H18FN/c1-6-4-7(2)9(11-3)5-8(6)10/h6-9,11H,4-5H2,1-3H3. The van der Waals surface area contributed by atoms with Crippen molar-refractivity contribution in [3.05, 3.63) is 0 Å². The van der Waals surface area contributed by atoms with Crippen molar-refractivity contribution in [3.63, 3.8) is 0 Å². The van der Waals surface area contributed by atoms with E-state index in [-0.39, 0.29) is 5.92 Å². The van der Waals surface area contributed by atoms with Gasteiger partial charge in [-0.05, 0) is 31.7 Å². The molecule has 66 valence electrons. The summed E-state index contributed by atoms with van der Waals surface area (Å²) in [5.41, 5.74) is 0. The summed E-state index contributed by atoms with van der Waals surface area (Å²) in [5, 5.41) is 3.16. The molecule has 0 spiro atoms. The Labute approximate surface area is 68.4 Å². The Morgan fingerprint density at radius 3 is 2.36 bits per heavy atom. The topological polar surface area (TPSA) is 12.0 Å². The van der Waals surface area contributed by atoms with Crippen molar-refractivity contribution in [1.29, 1.82) is 0 Å². The zero-order valence-corrected chi connectivity index (χ0v) is 7.60. The van der Waals surface area contributed by atoms with Crippen LogP contribution in [0, 0.1) is 11.8 Å². The van der Waals surface area contributed by atoms with Crippen LogP contribution in [0.5, 0.6) is 0 Å². The summed E-state index contributed by atoms with van der Waals surface area (Å²) >= 11 is 0. The van der Waals surface area contributed by atoms with Gasteiger partial charge in [0.2, 0.25) is 0 Å². The first-order valence-corrected chi connectivity index (χ1v) is 4.46. The van der Waals surface area contributed by atoms with Crippen molar-refractivity contribution in [2.45, 2.75) is 38.9 Å². The number of nitrogens with one attached hydrogen (secondary N) is 1. The summed E-state index contributed by atoms with van der Waals surface area (Å²) in [6, 6.07) is 0.390. The third-order valence-corrected chi connectivity index (χ3v) is 2.90. The van der Waals surface area contributed by atoms with Gasteiger partial charge in [-0.1, -0.05) is 13.8 Å². The molecule has 0 heterocycles. The summed E-state index contributed by atoms with van der Waals surface area (Å²) in [6.07, 6.45) is 1.12. The molecule has 1 fully saturated rings. The van der Waals surface area contributed by atoms with Crippen LogP contribution < -0.4 is 5.32 Å². The zero-order chi connectivity index (χ0) is 8.43. The van der Waals surface area contributed by atoms with Gasteiger partial charge in [0, 0.05) is 6.04 Å². The minimum Gasteiger partial charge on any atom is -0.317 e. The van der Waals surface area contributed by atoms with E-state index in [0.29, 0.717) is 18.4 Å². The third kappa shape index (κ3) is 1.92. The number of hydrogen-bond acceptors (Lipinski definition) is 1. The van der Waals surface area contributed by atoms with Gasteiger partial charge in [0.1, 0.15) is 6.17 Å². The SMILES string of the molecule is CNC1CC(F)C(C)CC1C. The predicted octanol–water partition coefficient (Wildman–Crippen LogP) is 1.98. The van der Waals surface area contributed by atoms with Crippen LogP contribution in [0.2, 0.25) is 0 Å². The number of alkyl halides is 1. The lowest BCUT2D eigenvalue weighted by Crippen LogP contribution is -2.41. The van der Waals surface area contributed by atoms with E-state index >= 15 is 0 Å². The van der Waals surface area contributed by atoms with Gasteiger partial charge in [0.15, 0.2) is 0 Å². The largest absolute Gasteiger partial charge is 0.317 e. The fraction of sp³-hybridized carbons (Fsp3) is 1.00. The Kier molecular flexibility index (Phi) is 2.88. The Morgan fingerprint density at radius 2 is 1.82 bits per heavy atom. The highest BCUT2D eigenvalue weighted by atomic mass is 19.1. The molecular weight excluding hydrogens is 141 g/mol. The van der Waals surface area contributed by atoms with Crippen molar-refractivity contribution in [2.24, 2.45) is 11.8 Å². The van der Waals surface area contributed by atoms with Gasteiger partial charge >= 0.3 is 0 Å². The first kappa shape index (κ1) is 8.98. The van der Waals surface area contributed by atoms with Crippen LogP contribution in [0.15, 0.2) is 0 Å². The molecule has 1 aliphatic rings. The van der Waals surface area contributed by atoms with Crippen molar-refractivity contribution in [3.8, 4) is 0 Å². The molecule has 1 aliphatic carbocycles. The van der Waals surface area contributed by atoms with E-state index in [9.17, 15) is 4.39 Å². The van der Waals surface area contributed by atoms with Crippen LogP contribution in [0.4, 0.5) is 4.39 Å². The quantitative estimate of drug-likeness (QED) is 0.617. The van der Waals surface area contributed by atoms with E-state index in [1.54, 1.807) is 0 Å².